The molecule has 0 aliphatic carbocycles. The van der Waals surface area contributed by atoms with Crippen LogP contribution in [-0.4, -0.2) is 46.0 Å². The summed E-state index contributed by atoms with van der Waals surface area (Å²) in [7, 11) is -1.41. The number of fused-ring (bicyclic) bond motifs is 1. The van der Waals surface area contributed by atoms with Crippen molar-refractivity contribution in [2.24, 2.45) is 5.92 Å². The van der Waals surface area contributed by atoms with Crippen LogP contribution in [0, 0.1) is 5.92 Å². The lowest BCUT2D eigenvalue weighted by atomic mass is 9.95. The Morgan fingerprint density at radius 1 is 1.30 bits per heavy atom. The number of piperidine rings is 1. The maximum atomic E-state index is 12.8. The summed E-state index contributed by atoms with van der Waals surface area (Å²) in [6.45, 7) is 2.91. The topological polar surface area (TPSA) is 58.6 Å². The molecule has 0 unspecified atom stereocenters. The molecule has 0 radical (unpaired) electrons. The second-order valence-electron chi connectivity index (χ2n) is 6.11. The molecule has 2 aliphatic rings. The average molecular weight is 361 g/mol. The molecule has 0 atom stereocenters. The normalized spacial score (nSPS) is 19.0. The van der Waals surface area contributed by atoms with E-state index in [9.17, 15) is 8.42 Å². The van der Waals surface area contributed by atoms with Gasteiger partial charge in [0.1, 0.15) is 5.75 Å². The van der Waals surface area contributed by atoms with Crippen molar-refractivity contribution in [2.45, 2.75) is 30.6 Å². The van der Waals surface area contributed by atoms with E-state index in [-0.39, 0.29) is 12.4 Å². The zero-order valence-electron chi connectivity index (χ0n) is 13.5. The Morgan fingerprint density at radius 3 is 2.74 bits per heavy atom. The Labute approximate surface area is 144 Å². The maximum Gasteiger partial charge on any atom is 0.243 e. The van der Waals surface area contributed by atoms with Crippen molar-refractivity contribution >= 4 is 22.4 Å². The zero-order chi connectivity index (χ0) is 15.6. The molecule has 2 heterocycles. The lowest BCUT2D eigenvalue weighted by molar-refractivity contribution is 0.263. The molecule has 130 valence electrons. The third-order valence-corrected chi connectivity index (χ3v) is 6.57. The number of nitrogens with zero attached hydrogens (tertiary/aromatic N) is 1. The summed E-state index contributed by atoms with van der Waals surface area (Å²) in [6.07, 6.45) is 3.83. The van der Waals surface area contributed by atoms with Crippen LogP contribution in [0.3, 0.4) is 0 Å². The smallest absolute Gasteiger partial charge is 0.243 e. The number of rotatable bonds is 5. The average Bonchev–Trinajstić information content (AvgIpc) is 3.01. The Bertz CT molecular complexity index is 628. The lowest BCUT2D eigenvalue weighted by Gasteiger charge is -2.31. The van der Waals surface area contributed by atoms with Gasteiger partial charge in [-0.25, -0.2) is 8.42 Å². The number of halogens is 1. The molecule has 2 aliphatic heterocycles. The Balaban J connectivity index is 0.00000192. The second kappa shape index (κ2) is 7.83. The summed E-state index contributed by atoms with van der Waals surface area (Å²) < 4.78 is 32.6. The van der Waals surface area contributed by atoms with E-state index in [0.717, 1.165) is 43.5 Å². The molecular formula is C16H25ClN2O3S. The minimum atomic E-state index is -3.37. The van der Waals surface area contributed by atoms with Gasteiger partial charge in [-0.1, -0.05) is 0 Å². The van der Waals surface area contributed by atoms with Crippen LogP contribution in [0.2, 0.25) is 0 Å². The van der Waals surface area contributed by atoms with Crippen LogP contribution in [0.5, 0.6) is 5.75 Å². The van der Waals surface area contributed by atoms with Gasteiger partial charge in [-0.2, -0.15) is 4.31 Å². The van der Waals surface area contributed by atoms with Crippen LogP contribution in [0.25, 0.3) is 0 Å². The van der Waals surface area contributed by atoms with Gasteiger partial charge in [0.15, 0.2) is 0 Å². The predicted molar refractivity (Wildman–Crippen MR) is 92.9 cm³/mol. The van der Waals surface area contributed by atoms with Gasteiger partial charge < -0.3 is 10.1 Å². The predicted octanol–water partition coefficient (Wildman–Crippen LogP) is 2.05. The molecule has 0 aromatic heterocycles. The number of nitrogens with one attached hydrogen (secondary N) is 1. The summed E-state index contributed by atoms with van der Waals surface area (Å²) in [5, 5.41) is 3.16. The van der Waals surface area contributed by atoms with E-state index >= 15 is 0 Å². The fraction of sp³-hybridized carbons (Fsp3) is 0.625. The van der Waals surface area contributed by atoms with Gasteiger partial charge in [0, 0.05) is 19.5 Å². The van der Waals surface area contributed by atoms with Crippen molar-refractivity contribution < 1.29 is 13.2 Å². The van der Waals surface area contributed by atoms with E-state index in [2.05, 4.69) is 5.32 Å². The van der Waals surface area contributed by atoms with Gasteiger partial charge in [-0.15, -0.1) is 12.4 Å². The monoisotopic (exact) mass is 360 g/mol. The molecule has 1 fully saturated rings. The number of hydrogen-bond donors (Lipinski definition) is 1. The fourth-order valence-electron chi connectivity index (χ4n) is 3.26. The van der Waals surface area contributed by atoms with Crippen molar-refractivity contribution in [1.29, 1.82) is 0 Å². The fourth-order valence-corrected chi connectivity index (χ4v) is 4.78. The lowest BCUT2D eigenvalue weighted by Crippen LogP contribution is -2.38. The van der Waals surface area contributed by atoms with Crippen molar-refractivity contribution in [1.82, 2.24) is 9.62 Å². The summed E-state index contributed by atoms with van der Waals surface area (Å²) in [6, 6.07) is 5.24. The highest BCUT2D eigenvalue weighted by Crippen LogP contribution is 2.30. The van der Waals surface area contributed by atoms with E-state index in [4.69, 9.17) is 4.74 Å². The largest absolute Gasteiger partial charge is 0.493 e. The van der Waals surface area contributed by atoms with E-state index in [1.165, 1.54) is 0 Å². The second-order valence-corrected chi connectivity index (χ2v) is 8.05. The summed E-state index contributed by atoms with van der Waals surface area (Å²) in [5.74, 6) is 1.46. The van der Waals surface area contributed by atoms with Gasteiger partial charge in [-0.3, -0.25) is 0 Å². The Morgan fingerprint density at radius 2 is 2.04 bits per heavy atom. The number of hydrogen-bond acceptors (Lipinski definition) is 4. The van der Waals surface area contributed by atoms with E-state index < -0.39 is 10.0 Å². The quantitative estimate of drug-likeness (QED) is 0.873. The summed E-state index contributed by atoms with van der Waals surface area (Å²) in [5.41, 5.74) is 1.00. The van der Waals surface area contributed by atoms with Crippen LogP contribution in [-0.2, 0) is 16.4 Å². The number of sulfonamides is 1. The van der Waals surface area contributed by atoms with Crippen molar-refractivity contribution in [3.05, 3.63) is 23.8 Å². The van der Waals surface area contributed by atoms with Crippen LogP contribution in [0.4, 0.5) is 0 Å². The van der Waals surface area contributed by atoms with Crippen molar-refractivity contribution in [3.63, 3.8) is 0 Å². The molecule has 0 saturated carbocycles. The van der Waals surface area contributed by atoms with Crippen LogP contribution in [0.15, 0.2) is 23.1 Å². The standard InChI is InChI=1S/C16H24N2O3S.ClH/c1-17-8-4-13-5-9-18(10-6-13)22(19,20)15-2-3-16-14(12-15)7-11-21-16;/h2-3,12-13,17H,4-11H2,1H3;1H. The van der Waals surface area contributed by atoms with E-state index in [1.54, 1.807) is 22.5 Å². The molecule has 1 aromatic carbocycles. The highest BCUT2D eigenvalue weighted by Gasteiger charge is 2.30. The van der Waals surface area contributed by atoms with E-state index in [1.807, 2.05) is 7.05 Å². The minimum Gasteiger partial charge on any atom is -0.493 e. The molecule has 3 rings (SSSR count). The van der Waals surface area contributed by atoms with Crippen molar-refractivity contribution in [2.75, 3.05) is 33.3 Å². The van der Waals surface area contributed by atoms with Gasteiger partial charge in [0.05, 0.1) is 11.5 Å². The Hall–Kier alpha value is -0.820. The van der Waals surface area contributed by atoms with Gasteiger partial charge in [-0.05, 0) is 62.5 Å². The molecule has 0 bridgehead atoms. The molecular weight excluding hydrogens is 336 g/mol. The van der Waals surface area contributed by atoms with Gasteiger partial charge in [0.2, 0.25) is 10.0 Å². The molecule has 0 spiro atoms. The maximum absolute atomic E-state index is 12.8. The molecule has 0 amide bonds. The molecule has 5 nitrogen and oxygen atoms in total. The summed E-state index contributed by atoms with van der Waals surface area (Å²) in [4.78, 5) is 0.408. The van der Waals surface area contributed by atoms with Crippen LogP contribution < -0.4 is 10.1 Å². The van der Waals surface area contributed by atoms with Crippen LogP contribution >= 0.6 is 12.4 Å². The SMILES string of the molecule is CNCCC1CCN(S(=O)(=O)c2ccc3c(c2)CCO3)CC1.Cl. The third kappa shape index (κ3) is 3.99. The highest BCUT2D eigenvalue weighted by atomic mass is 35.5. The summed E-state index contributed by atoms with van der Waals surface area (Å²) >= 11 is 0. The molecule has 1 aromatic rings. The van der Waals surface area contributed by atoms with Crippen molar-refractivity contribution in [3.8, 4) is 5.75 Å². The zero-order valence-corrected chi connectivity index (χ0v) is 15.1. The first-order valence-corrected chi connectivity index (χ1v) is 9.46. The Kier molecular flexibility index (Phi) is 6.31. The first kappa shape index (κ1) is 18.5. The number of benzene rings is 1. The minimum absolute atomic E-state index is 0. The van der Waals surface area contributed by atoms with Gasteiger partial charge in [0.25, 0.3) is 0 Å². The highest BCUT2D eigenvalue weighted by molar-refractivity contribution is 7.89. The molecule has 1 saturated heterocycles. The van der Waals surface area contributed by atoms with Crippen LogP contribution in [0.1, 0.15) is 24.8 Å². The molecule has 1 N–H and O–H groups in total. The first-order valence-electron chi connectivity index (χ1n) is 8.02. The third-order valence-electron chi connectivity index (χ3n) is 4.67. The van der Waals surface area contributed by atoms with Gasteiger partial charge >= 0.3 is 0 Å². The first-order chi connectivity index (χ1) is 10.6. The molecule has 7 heteroatoms. The number of ether oxygens (including phenoxy) is 1. The molecule has 23 heavy (non-hydrogen) atoms. The van der Waals surface area contributed by atoms with E-state index in [0.29, 0.717) is 30.5 Å².